The molecule has 7 rings (SSSR count). The molecule has 0 radical (unpaired) electrons. The zero-order chi connectivity index (χ0) is 29.6. The molecule has 224 valence electrons. The van der Waals surface area contributed by atoms with Gasteiger partial charge in [-0.2, -0.15) is 0 Å². The number of piperidine rings is 1. The summed E-state index contributed by atoms with van der Waals surface area (Å²) < 4.78 is 48.6. The van der Waals surface area contributed by atoms with Crippen LogP contribution in [0.1, 0.15) is 49.3 Å². The number of hydrogen-bond donors (Lipinski definition) is 2. The van der Waals surface area contributed by atoms with E-state index in [0.29, 0.717) is 36.5 Å². The van der Waals surface area contributed by atoms with Gasteiger partial charge in [0.2, 0.25) is 5.91 Å². The van der Waals surface area contributed by atoms with Crippen LogP contribution in [0.15, 0.2) is 42.5 Å². The van der Waals surface area contributed by atoms with E-state index in [1.54, 1.807) is 24.1 Å². The van der Waals surface area contributed by atoms with Crippen molar-refractivity contribution < 1.29 is 37.7 Å². The normalized spacial score (nSPS) is 33.3. The Balaban J connectivity index is 1.21. The molecule has 0 aromatic heterocycles. The molecular weight excluding hydrogens is 549 g/mol. The molecule has 2 saturated carbocycles. The number of hydrogen-bond acceptors (Lipinski definition) is 6. The fraction of sp³-hybridized carbons (Fsp3) is 0.531. The lowest BCUT2D eigenvalue weighted by atomic mass is 9.46. The standard InChI is InChI=1S/C32H35F3N2O5/c1-18-16-31(40)24-15-21-9-10-23(38)28-26(21)30(31,12-13-37(24)17-20-6-7-20)29(41-28)27(18)36(2)25(39)11-8-19-4-3-5-22(14-19)42-32(33,34)35/h3-5,8-11,14,18,20,24,27,29,38,40H,6-7,12-13,15-17H2,1-2H3/b11-8+/t18?,24-,27?,29?,30+,31-/m1/s1. The molecule has 10 heteroatoms. The molecular formula is C32H35F3N2O5. The molecule has 2 N–H and O–H groups in total. The maximum atomic E-state index is 13.5. The number of alkyl halides is 3. The number of halogens is 3. The van der Waals surface area contributed by atoms with Gasteiger partial charge >= 0.3 is 6.36 Å². The van der Waals surface area contributed by atoms with Crippen LogP contribution in [-0.2, 0) is 16.6 Å². The fourth-order valence-corrected chi connectivity index (χ4v) is 8.56. The number of carbonyl (C=O) groups excluding carboxylic acids is 1. The minimum Gasteiger partial charge on any atom is -0.504 e. The third-order valence-corrected chi connectivity index (χ3v) is 10.4. The molecule has 2 bridgehead atoms. The third kappa shape index (κ3) is 4.12. The second-order valence-electron chi connectivity index (χ2n) is 12.9. The molecule has 6 atom stereocenters. The number of ether oxygens (including phenoxy) is 2. The van der Waals surface area contributed by atoms with Crippen molar-refractivity contribution in [2.24, 2.45) is 11.8 Å². The van der Waals surface area contributed by atoms with E-state index >= 15 is 0 Å². The molecule has 2 heterocycles. The first kappa shape index (κ1) is 27.6. The van der Waals surface area contributed by atoms with Crippen LogP contribution in [-0.4, -0.2) is 76.2 Å². The van der Waals surface area contributed by atoms with Crippen LogP contribution in [0.3, 0.4) is 0 Å². The molecule has 1 spiro atoms. The van der Waals surface area contributed by atoms with E-state index in [1.165, 1.54) is 43.2 Å². The molecule has 3 unspecified atom stereocenters. The smallest absolute Gasteiger partial charge is 0.504 e. The van der Waals surface area contributed by atoms with E-state index in [0.717, 1.165) is 24.2 Å². The second kappa shape index (κ2) is 9.38. The minimum atomic E-state index is -4.81. The monoisotopic (exact) mass is 584 g/mol. The fourth-order valence-electron chi connectivity index (χ4n) is 8.56. The van der Waals surface area contributed by atoms with E-state index in [4.69, 9.17) is 4.74 Å². The maximum Gasteiger partial charge on any atom is 0.573 e. The predicted octanol–water partition coefficient (Wildman–Crippen LogP) is 4.64. The van der Waals surface area contributed by atoms with Gasteiger partial charge in [-0.1, -0.05) is 25.1 Å². The average Bonchev–Trinajstić information content (AvgIpc) is 3.66. The number of aromatic hydroxyl groups is 1. The molecule has 5 aliphatic rings. The molecule has 3 aliphatic carbocycles. The number of benzene rings is 2. The molecule has 42 heavy (non-hydrogen) atoms. The summed E-state index contributed by atoms with van der Waals surface area (Å²) in [5.74, 6) is 0.318. The summed E-state index contributed by atoms with van der Waals surface area (Å²) in [4.78, 5) is 17.6. The Bertz CT molecular complexity index is 1460. The first-order valence-electron chi connectivity index (χ1n) is 14.7. The molecule has 1 amide bonds. The Morgan fingerprint density at radius 2 is 2.05 bits per heavy atom. The third-order valence-electron chi connectivity index (χ3n) is 10.4. The van der Waals surface area contributed by atoms with Gasteiger partial charge in [0.1, 0.15) is 11.9 Å². The molecule has 7 nitrogen and oxygen atoms in total. The predicted molar refractivity (Wildman–Crippen MR) is 148 cm³/mol. The van der Waals surface area contributed by atoms with Crippen molar-refractivity contribution >= 4 is 12.0 Å². The number of nitrogens with zero attached hydrogens (tertiary/aromatic N) is 2. The van der Waals surface area contributed by atoms with Crippen LogP contribution in [0.4, 0.5) is 13.2 Å². The molecule has 3 fully saturated rings. The van der Waals surface area contributed by atoms with E-state index in [9.17, 15) is 28.2 Å². The summed E-state index contributed by atoms with van der Waals surface area (Å²) in [6.07, 6.45) is 1.72. The van der Waals surface area contributed by atoms with Crippen LogP contribution in [0, 0.1) is 11.8 Å². The summed E-state index contributed by atoms with van der Waals surface area (Å²) >= 11 is 0. The number of phenolic OH excluding ortho intramolecular Hbond substituents is 1. The zero-order valence-corrected chi connectivity index (χ0v) is 23.6. The number of aliphatic hydroxyl groups is 1. The van der Waals surface area contributed by atoms with Crippen molar-refractivity contribution in [1.29, 1.82) is 0 Å². The van der Waals surface area contributed by atoms with Crippen LogP contribution < -0.4 is 9.47 Å². The largest absolute Gasteiger partial charge is 0.573 e. The van der Waals surface area contributed by atoms with E-state index in [2.05, 4.69) is 9.64 Å². The Hall–Kier alpha value is -3.24. The lowest BCUT2D eigenvalue weighted by molar-refractivity contribution is -0.274. The van der Waals surface area contributed by atoms with Crippen molar-refractivity contribution in [1.82, 2.24) is 9.80 Å². The highest BCUT2D eigenvalue weighted by Crippen LogP contribution is 2.66. The van der Waals surface area contributed by atoms with Gasteiger partial charge in [0, 0.05) is 31.3 Å². The van der Waals surface area contributed by atoms with Crippen molar-refractivity contribution in [3.05, 3.63) is 59.2 Å². The Morgan fingerprint density at radius 3 is 2.79 bits per heavy atom. The highest BCUT2D eigenvalue weighted by molar-refractivity contribution is 5.92. The quantitative estimate of drug-likeness (QED) is 0.482. The van der Waals surface area contributed by atoms with E-state index in [-0.39, 0.29) is 29.4 Å². The van der Waals surface area contributed by atoms with Crippen molar-refractivity contribution in [2.45, 2.75) is 74.6 Å². The summed E-state index contributed by atoms with van der Waals surface area (Å²) in [5, 5.41) is 23.6. The van der Waals surface area contributed by atoms with Crippen molar-refractivity contribution in [2.75, 3.05) is 20.1 Å². The van der Waals surface area contributed by atoms with Gasteiger partial charge in [-0.3, -0.25) is 9.69 Å². The van der Waals surface area contributed by atoms with Gasteiger partial charge in [-0.05, 0) is 85.9 Å². The lowest BCUT2D eigenvalue weighted by Crippen LogP contribution is -2.79. The molecule has 2 aromatic rings. The van der Waals surface area contributed by atoms with Gasteiger partial charge in [0.25, 0.3) is 0 Å². The van der Waals surface area contributed by atoms with Crippen LogP contribution >= 0.6 is 0 Å². The molecule has 1 saturated heterocycles. The summed E-state index contributed by atoms with van der Waals surface area (Å²) in [6, 6.07) is 8.59. The molecule has 2 aliphatic heterocycles. The topological polar surface area (TPSA) is 82.5 Å². The first-order chi connectivity index (χ1) is 19.9. The number of likely N-dealkylation sites (tertiary alicyclic amines) is 1. The lowest BCUT2D eigenvalue weighted by Gasteiger charge is -2.66. The number of amides is 1. The van der Waals surface area contributed by atoms with Gasteiger partial charge in [-0.15, -0.1) is 13.2 Å². The van der Waals surface area contributed by atoms with E-state index in [1.807, 2.05) is 13.0 Å². The van der Waals surface area contributed by atoms with Gasteiger partial charge in [0.15, 0.2) is 11.5 Å². The van der Waals surface area contributed by atoms with Crippen molar-refractivity contribution in [3.63, 3.8) is 0 Å². The number of likely N-dealkylation sites (N-methyl/N-ethyl adjacent to an activating group) is 1. The Kier molecular flexibility index (Phi) is 6.16. The Labute approximate surface area is 242 Å². The second-order valence-corrected chi connectivity index (χ2v) is 12.9. The van der Waals surface area contributed by atoms with Crippen LogP contribution in [0.5, 0.6) is 17.2 Å². The molecule has 2 aromatic carbocycles. The number of rotatable bonds is 6. The van der Waals surface area contributed by atoms with E-state index < -0.39 is 29.5 Å². The highest BCUT2D eigenvalue weighted by Gasteiger charge is 2.74. The van der Waals surface area contributed by atoms with Gasteiger partial charge < -0.3 is 24.6 Å². The SMILES string of the molecule is CC1C[C@@]2(O)[C@H]3Cc4ccc(O)c5c4[C@@]2(CCN3CC2CC2)C(O5)C1N(C)C(=O)/C=C/c1cccc(OC(F)(F)F)c1. The summed E-state index contributed by atoms with van der Waals surface area (Å²) in [6.45, 7) is 3.82. The summed E-state index contributed by atoms with van der Waals surface area (Å²) in [5.41, 5.74) is 0.528. The number of carbonyl (C=O) groups is 1. The average molecular weight is 585 g/mol. The van der Waals surface area contributed by atoms with Crippen molar-refractivity contribution in [3.8, 4) is 17.2 Å². The highest BCUT2D eigenvalue weighted by atomic mass is 19.4. The van der Waals surface area contributed by atoms with Crippen LogP contribution in [0.2, 0.25) is 0 Å². The van der Waals surface area contributed by atoms with Gasteiger partial charge in [0.05, 0.1) is 17.1 Å². The minimum absolute atomic E-state index is 0.0416. The zero-order valence-electron chi connectivity index (χ0n) is 23.6. The van der Waals surface area contributed by atoms with Gasteiger partial charge in [-0.25, -0.2) is 0 Å². The first-order valence-corrected chi connectivity index (χ1v) is 14.7. The maximum absolute atomic E-state index is 13.5. The number of phenols is 1. The van der Waals surface area contributed by atoms with Crippen LogP contribution in [0.25, 0.3) is 6.08 Å². The Morgan fingerprint density at radius 1 is 1.26 bits per heavy atom. The summed E-state index contributed by atoms with van der Waals surface area (Å²) in [7, 11) is 1.70.